The summed E-state index contributed by atoms with van der Waals surface area (Å²) in [6, 6.07) is 0. The first-order valence-corrected chi connectivity index (χ1v) is 4.66. The molecule has 1 aliphatic carbocycles. The summed E-state index contributed by atoms with van der Waals surface area (Å²) in [5.41, 5.74) is 5.58. The van der Waals surface area contributed by atoms with Crippen LogP contribution in [0.25, 0.3) is 0 Å². The molecule has 0 heterocycles. The second-order valence-corrected chi connectivity index (χ2v) is 3.64. The molecule has 12 heavy (non-hydrogen) atoms. The van der Waals surface area contributed by atoms with Crippen molar-refractivity contribution < 1.29 is 9.90 Å². The Morgan fingerprint density at radius 3 is 2.42 bits per heavy atom. The van der Waals surface area contributed by atoms with Gasteiger partial charge in [-0.15, -0.1) is 0 Å². The van der Waals surface area contributed by atoms with E-state index in [2.05, 4.69) is 0 Å². The van der Waals surface area contributed by atoms with Gasteiger partial charge in [-0.3, -0.25) is 4.79 Å². The number of carbonyl (C=O) groups is 1. The van der Waals surface area contributed by atoms with Crippen LogP contribution in [0, 0.1) is 11.8 Å². The van der Waals surface area contributed by atoms with Crippen molar-refractivity contribution in [3.05, 3.63) is 0 Å². The molecule has 1 rings (SSSR count). The van der Waals surface area contributed by atoms with Crippen molar-refractivity contribution in [2.24, 2.45) is 17.6 Å². The minimum atomic E-state index is -0.680. The van der Waals surface area contributed by atoms with Gasteiger partial charge in [0.15, 0.2) is 0 Å². The summed E-state index contributed by atoms with van der Waals surface area (Å²) in [7, 11) is 0. The van der Waals surface area contributed by atoms with Crippen molar-refractivity contribution in [1.29, 1.82) is 0 Å². The van der Waals surface area contributed by atoms with Crippen molar-refractivity contribution in [3.63, 3.8) is 0 Å². The number of aliphatic carboxylic acids is 1. The summed E-state index contributed by atoms with van der Waals surface area (Å²) in [5, 5.41) is 8.64. The Labute approximate surface area is 72.9 Å². The van der Waals surface area contributed by atoms with E-state index in [-0.39, 0.29) is 0 Å². The maximum absolute atomic E-state index is 10.5. The summed E-state index contributed by atoms with van der Waals surface area (Å²) in [5.74, 6) is 0.108. The molecule has 3 heteroatoms. The highest BCUT2D eigenvalue weighted by atomic mass is 16.4. The highest BCUT2D eigenvalue weighted by Gasteiger charge is 2.25. The molecule has 3 nitrogen and oxygen atoms in total. The number of carboxylic acid groups (broad SMARTS) is 1. The first-order valence-electron chi connectivity index (χ1n) is 4.66. The first-order chi connectivity index (χ1) is 5.74. The van der Waals surface area contributed by atoms with Crippen LogP contribution in [0.1, 0.15) is 32.1 Å². The van der Waals surface area contributed by atoms with Gasteiger partial charge < -0.3 is 10.8 Å². The fourth-order valence-electron chi connectivity index (χ4n) is 2.09. The number of nitrogens with two attached hydrogens (primary N) is 1. The van der Waals surface area contributed by atoms with Gasteiger partial charge in [-0.1, -0.05) is 12.8 Å². The van der Waals surface area contributed by atoms with E-state index in [1.165, 1.54) is 12.8 Å². The van der Waals surface area contributed by atoms with E-state index in [1.807, 2.05) is 0 Å². The van der Waals surface area contributed by atoms with Crippen molar-refractivity contribution in [1.82, 2.24) is 0 Å². The first kappa shape index (κ1) is 9.52. The lowest BCUT2D eigenvalue weighted by molar-refractivity contribution is -0.138. The van der Waals surface area contributed by atoms with Crippen molar-refractivity contribution >= 4 is 5.97 Å². The molecule has 0 aliphatic heterocycles. The lowest BCUT2D eigenvalue weighted by atomic mass is 9.77. The highest BCUT2D eigenvalue weighted by Crippen LogP contribution is 2.31. The topological polar surface area (TPSA) is 63.3 Å². The van der Waals surface area contributed by atoms with Crippen LogP contribution in [0.5, 0.6) is 0 Å². The largest absolute Gasteiger partial charge is 0.481 e. The van der Waals surface area contributed by atoms with Crippen LogP contribution in [-0.4, -0.2) is 17.6 Å². The van der Waals surface area contributed by atoms with Crippen LogP contribution < -0.4 is 5.73 Å². The standard InChI is InChI=1S/C9H17NO2/c10-6-8-4-2-1-3-7(8)5-9(11)12/h7-8H,1-6,10H2,(H,11,12). The molecule has 2 unspecified atom stereocenters. The Balaban J connectivity index is 2.41. The predicted molar refractivity (Wildman–Crippen MR) is 46.8 cm³/mol. The smallest absolute Gasteiger partial charge is 0.303 e. The fraction of sp³-hybridized carbons (Fsp3) is 0.889. The van der Waals surface area contributed by atoms with Gasteiger partial charge in [-0.05, 0) is 31.2 Å². The van der Waals surface area contributed by atoms with Crippen LogP contribution in [-0.2, 0) is 4.79 Å². The summed E-state index contributed by atoms with van der Waals surface area (Å²) in [6.45, 7) is 0.651. The molecular formula is C9H17NO2. The molecule has 0 aromatic carbocycles. The molecule has 3 N–H and O–H groups in total. The van der Waals surface area contributed by atoms with Crippen LogP contribution in [0.2, 0.25) is 0 Å². The molecule has 0 aromatic rings. The summed E-state index contributed by atoms with van der Waals surface area (Å²) in [6.07, 6.45) is 4.87. The Morgan fingerprint density at radius 1 is 1.33 bits per heavy atom. The fourth-order valence-corrected chi connectivity index (χ4v) is 2.09. The van der Waals surface area contributed by atoms with Crippen molar-refractivity contribution in [2.45, 2.75) is 32.1 Å². The molecule has 1 fully saturated rings. The van der Waals surface area contributed by atoms with Gasteiger partial charge in [0.1, 0.15) is 0 Å². The summed E-state index contributed by atoms with van der Waals surface area (Å²) in [4.78, 5) is 10.5. The monoisotopic (exact) mass is 171 g/mol. The van der Waals surface area contributed by atoms with E-state index in [1.54, 1.807) is 0 Å². The molecule has 1 saturated carbocycles. The minimum absolute atomic E-state index is 0.307. The van der Waals surface area contributed by atoms with Gasteiger partial charge in [-0.2, -0.15) is 0 Å². The zero-order valence-electron chi connectivity index (χ0n) is 7.33. The maximum Gasteiger partial charge on any atom is 0.303 e. The molecule has 2 atom stereocenters. The van der Waals surface area contributed by atoms with Gasteiger partial charge in [0.25, 0.3) is 0 Å². The van der Waals surface area contributed by atoms with Gasteiger partial charge in [0.2, 0.25) is 0 Å². The predicted octanol–water partition coefficient (Wildman–Crippen LogP) is 1.23. The normalized spacial score (nSPS) is 30.1. The lowest BCUT2D eigenvalue weighted by Gasteiger charge is -2.29. The van der Waals surface area contributed by atoms with Crippen LogP contribution in [0.4, 0.5) is 0 Å². The Hall–Kier alpha value is -0.570. The second-order valence-electron chi connectivity index (χ2n) is 3.64. The molecule has 0 amide bonds. The SMILES string of the molecule is NCC1CCCCC1CC(=O)O. The van der Waals surface area contributed by atoms with Gasteiger partial charge >= 0.3 is 5.97 Å². The zero-order valence-corrected chi connectivity index (χ0v) is 7.33. The van der Waals surface area contributed by atoms with Gasteiger partial charge in [-0.25, -0.2) is 0 Å². The molecule has 1 aliphatic rings. The molecule has 0 radical (unpaired) electrons. The van der Waals surface area contributed by atoms with E-state index >= 15 is 0 Å². The summed E-state index contributed by atoms with van der Waals surface area (Å²) < 4.78 is 0. The maximum atomic E-state index is 10.5. The molecular weight excluding hydrogens is 154 g/mol. The van der Waals surface area contributed by atoms with E-state index in [9.17, 15) is 4.79 Å². The average Bonchev–Trinajstić information content (AvgIpc) is 2.04. The van der Waals surface area contributed by atoms with E-state index in [0.717, 1.165) is 12.8 Å². The third-order valence-corrected chi connectivity index (χ3v) is 2.81. The van der Waals surface area contributed by atoms with Crippen molar-refractivity contribution in [3.8, 4) is 0 Å². The van der Waals surface area contributed by atoms with Gasteiger partial charge in [0, 0.05) is 6.42 Å². The van der Waals surface area contributed by atoms with E-state index in [4.69, 9.17) is 10.8 Å². The van der Waals surface area contributed by atoms with Crippen LogP contribution in [0.15, 0.2) is 0 Å². The number of carboxylic acids is 1. The Kier molecular flexibility index (Phi) is 3.53. The highest BCUT2D eigenvalue weighted by molar-refractivity contribution is 5.67. The van der Waals surface area contributed by atoms with Gasteiger partial charge in [0.05, 0.1) is 0 Å². The molecule has 70 valence electrons. The van der Waals surface area contributed by atoms with Crippen LogP contribution >= 0.6 is 0 Å². The molecule has 0 saturated heterocycles. The third-order valence-electron chi connectivity index (χ3n) is 2.81. The number of hydrogen-bond acceptors (Lipinski definition) is 2. The minimum Gasteiger partial charge on any atom is -0.481 e. The Bertz CT molecular complexity index is 159. The van der Waals surface area contributed by atoms with E-state index < -0.39 is 5.97 Å². The lowest BCUT2D eigenvalue weighted by Crippen LogP contribution is -2.28. The molecule has 0 spiro atoms. The quantitative estimate of drug-likeness (QED) is 0.671. The average molecular weight is 171 g/mol. The van der Waals surface area contributed by atoms with Crippen molar-refractivity contribution in [2.75, 3.05) is 6.54 Å². The Morgan fingerprint density at radius 2 is 1.92 bits per heavy atom. The zero-order chi connectivity index (χ0) is 8.97. The summed E-state index contributed by atoms with van der Waals surface area (Å²) >= 11 is 0. The number of hydrogen-bond donors (Lipinski definition) is 2. The number of rotatable bonds is 3. The van der Waals surface area contributed by atoms with Crippen LogP contribution in [0.3, 0.4) is 0 Å². The molecule has 0 aromatic heterocycles. The van der Waals surface area contributed by atoms with E-state index in [0.29, 0.717) is 24.8 Å². The molecule has 0 bridgehead atoms. The second kappa shape index (κ2) is 4.45. The third kappa shape index (κ3) is 2.48.